The molecular weight excluding hydrogens is 228 g/mol. The molecule has 1 aromatic rings. The number of hydrogen-bond acceptors (Lipinski definition) is 2. The number of ether oxygens (including phenoxy) is 1. The summed E-state index contributed by atoms with van der Waals surface area (Å²) in [5, 5.41) is 5.61. The second-order valence-electron chi connectivity index (χ2n) is 4.66. The van der Waals surface area contributed by atoms with Gasteiger partial charge in [-0.05, 0) is 37.5 Å². The Hall–Kier alpha value is -1.71. The number of hydrogen-bond donors (Lipinski definition) is 2. The third kappa shape index (κ3) is 4.65. The van der Waals surface area contributed by atoms with Gasteiger partial charge in [0.1, 0.15) is 5.75 Å². The van der Waals surface area contributed by atoms with E-state index >= 15 is 0 Å². The van der Waals surface area contributed by atoms with Gasteiger partial charge in [0, 0.05) is 6.54 Å². The van der Waals surface area contributed by atoms with E-state index in [2.05, 4.69) is 24.5 Å². The Labute approximate surface area is 109 Å². The molecule has 4 nitrogen and oxygen atoms in total. The van der Waals surface area contributed by atoms with Gasteiger partial charge in [-0.1, -0.05) is 19.9 Å². The minimum atomic E-state index is -0.200. The van der Waals surface area contributed by atoms with Crippen LogP contribution in [0, 0.1) is 12.8 Å². The van der Waals surface area contributed by atoms with Gasteiger partial charge in [-0.3, -0.25) is 0 Å². The molecule has 18 heavy (non-hydrogen) atoms. The third-order valence-electron chi connectivity index (χ3n) is 2.36. The molecule has 0 aliphatic heterocycles. The van der Waals surface area contributed by atoms with E-state index in [-0.39, 0.29) is 6.03 Å². The highest BCUT2D eigenvalue weighted by atomic mass is 16.5. The Morgan fingerprint density at radius 2 is 2.11 bits per heavy atom. The molecule has 0 saturated heterocycles. The molecule has 0 bridgehead atoms. The van der Waals surface area contributed by atoms with Gasteiger partial charge < -0.3 is 15.4 Å². The summed E-state index contributed by atoms with van der Waals surface area (Å²) in [6.07, 6.45) is 0. The van der Waals surface area contributed by atoms with E-state index in [1.807, 2.05) is 32.0 Å². The highest BCUT2D eigenvalue weighted by Crippen LogP contribution is 2.25. The number of carbonyl (C=O) groups excluding carboxylic acids is 1. The van der Waals surface area contributed by atoms with Crippen molar-refractivity contribution in [3.05, 3.63) is 23.8 Å². The Balaban J connectivity index is 2.68. The molecule has 0 heterocycles. The Kier molecular flexibility index (Phi) is 5.49. The van der Waals surface area contributed by atoms with Crippen LogP contribution in [0.2, 0.25) is 0 Å². The third-order valence-corrected chi connectivity index (χ3v) is 2.36. The number of carbonyl (C=O) groups is 1. The lowest BCUT2D eigenvalue weighted by Gasteiger charge is -2.13. The van der Waals surface area contributed by atoms with Gasteiger partial charge in [0.05, 0.1) is 12.3 Å². The number of amides is 2. The molecule has 4 heteroatoms. The Morgan fingerprint density at radius 1 is 1.39 bits per heavy atom. The first-order chi connectivity index (χ1) is 8.52. The van der Waals surface area contributed by atoms with Gasteiger partial charge in [0.2, 0.25) is 0 Å². The van der Waals surface area contributed by atoms with Crippen LogP contribution in [0.3, 0.4) is 0 Å². The summed E-state index contributed by atoms with van der Waals surface area (Å²) >= 11 is 0. The van der Waals surface area contributed by atoms with Crippen molar-refractivity contribution in [2.75, 3.05) is 18.5 Å². The largest absolute Gasteiger partial charge is 0.492 e. The van der Waals surface area contributed by atoms with Crippen molar-refractivity contribution in [3.8, 4) is 5.75 Å². The summed E-state index contributed by atoms with van der Waals surface area (Å²) in [5.41, 5.74) is 1.80. The summed E-state index contributed by atoms with van der Waals surface area (Å²) < 4.78 is 5.50. The Bertz CT molecular complexity index is 403. The van der Waals surface area contributed by atoms with E-state index in [1.54, 1.807) is 0 Å². The van der Waals surface area contributed by atoms with Crippen LogP contribution in [0.25, 0.3) is 0 Å². The lowest BCUT2D eigenvalue weighted by Crippen LogP contribution is -2.31. The minimum absolute atomic E-state index is 0.200. The molecule has 0 radical (unpaired) electrons. The number of benzene rings is 1. The molecule has 2 N–H and O–H groups in total. The number of nitrogens with one attached hydrogen (secondary N) is 2. The number of anilines is 1. The zero-order valence-electron chi connectivity index (χ0n) is 11.5. The molecule has 0 aromatic heterocycles. The van der Waals surface area contributed by atoms with Crippen molar-refractivity contribution in [2.45, 2.75) is 27.7 Å². The van der Waals surface area contributed by atoms with Crippen molar-refractivity contribution < 1.29 is 9.53 Å². The Morgan fingerprint density at radius 3 is 2.72 bits per heavy atom. The van der Waals surface area contributed by atoms with Crippen LogP contribution in [0.5, 0.6) is 5.75 Å². The zero-order chi connectivity index (χ0) is 13.5. The fourth-order valence-electron chi connectivity index (χ4n) is 1.47. The van der Waals surface area contributed by atoms with Crippen LogP contribution in [0.1, 0.15) is 26.3 Å². The molecule has 0 aliphatic carbocycles. The van der Waals surface area contributed by atoms with E-state index in [9.17, 15) is 4.79 Å². The van der Waals surface area contributed by atoms with Crippen LogP contribution in [0.4, 0.5) is 10.5 Å². The maximum absolute atomic E-state index is 11.7. The zero-order valence-corrected chi connectivity index (χ0v) is 11.5. The van der Waals surface area contributed by atoms with Crippen LogP contribution < -0.4 is 15.4 Å². The summed E-state index contributed by atoms with van der Waals surface area (Å²) in [6.45, 7) is 9.25. The number of rotatable bonds is 5. The fraction of sp³-hybridized carbons (Fsp3) is 0.500. The summed E-state index contributed by atoms with van der Waals surface area (Å²) in [4.78, 5) is 11.7. The average Bonchev–Trinajstić information content (AvgIpc) is 2.30. The van der Waals surface area contributed by atoms with Gasteiger partial charge in [0.15, 0.2) is 0 Å². The van der Waals surface area contributed by atoms with Gasteiger partial charge in [-0.15, -0.1) is 0 Å². The first-order valence-corrected chi connectivity index (χ1v) is 6.31. The fourth-order valence-corrected chi connectivity index (χ4v) is 1.47. The van der Waals surface area contributed by atoms with Crippen molar-refractivity contribution in [2.24, 2.45) is 5.92 Å². The maximum atomic E-state index is 11.7. The topological polar surface area (TPSA) is 50.4 Å². The van der Waals surface area contributed by atoms with Crippen LogP contribution in [0.15, 0.2) is 18.2 Å². The molecule has 0 fully saturated rings. The molecule has 1 rings (SSSR count). The second-order valence-corrected chi connectivity index (χ2v) is 4.66. The van der Waals surface area contributed by atoms with Crippen LogP contribution in [-0.4, -0.2) is 19.2 Å². The molecule has 0 unspecified atom stereocenters. The predicted octanol–water partition coefficient (Wildman–Crippen LogP) is 3.17. The highest BCUT2D eigenvalue weighted by Gasteiger charge is 2.08. The van der Waals surface area contributed by atoms with Gasteiger partial charge in [-0.25, -0.2) is 4.79 Å². The molecule has 1 aromatic carbocycles. The van der Waals surface area contributed by atoms with Crippen LogP contribution in [-0.2, 0) is 0 Å². The number of aryl methyl sites for hydroxylation is 1. The predicted molar refractivity (Wildman–Crippen MR) is 74.2 cm³/mol. The van der Waals surface area contributed by atoms with E-state index in [0.29, 0.717) is 30.5 Å². The molecule has 100 valence electrons. The van der Waals surface area contributed by atoms with E-state index in [1.165, 1.54) is 0 Å². The van der Waals surface area contributed by atoms with Gasteiger partial charge in [-0.2, -0.15) is 0 Å². The smallest absolute Gasteiger partial charge is 0.319 e. The molecule has 0 spiro atoms. The normalized spacial score (nSPS) is 10.3. The second kappa shape index (κ2) is 6.89. The standard InChI is InChI=1S/C14H22N2O2/c1-5-18-13-8-11(4)6-7-12(13)16-14(17)15-9-10(2)3/h6-8,10H,5,9H2,1-4H3,(H2,15,16,17). The molecule has 2 amide bonds. The SMILES string of the molecule is CCOc1cc(C)ccc1NC(=O)NCC(C)C. The summed E-state index contributed by atoms with van der Waals surface area (Å²) in [7, 11) is 0. The van der Waals surface area contributed by atoms with E-state index < -0.39 is 0 Å². The number of urea groups is 1. The first kappa shape index (κ1) is 14.4. The highest BCUT2D eigenvalue weighted by molar-refractivity contribution is 5.90. The molecule has 0 saturated carbocycles. The van der Waals surface area contributed by atoms with E-state index in [4.69, 9.17) is 4.74 Å². The summed E-state index contributed by atoms with van der Waals surface area (Å²) in [6, 6.07) is 5.52. The quantitative estimate of drug-likeness (QED) is 0.843. The molecule has 0 aliphatic rings. The van der Waals surface area contributed by atoms with Crippen molar-refractivity contribution >= 4 is 11.7 Å². The monoisotopic (exact) mass is 250 g/mol. The lowest BCUT2D eigenvalue weighted by molar-refractivity contribution is 0.250. The van der Waals surface area contributed by atoms with Crippen LogP contribution >= 0.6 is 0 Å². The maximum Gasteiger partial charge on any atom is 0.319 e. The van der Waals surface area contributed by atoms with Gasteiger partial charge in [0.25, 0.3) is 0 Å². The minimum Gasteiger partial charge on any atom is -0.492 e. The van der Waals surface area contributed by atoms with Crippen molar-refractivity contribution in [1.29, 1.82) is 0 Å². The summed E-state index contributed by atoms with van der Waals surface area (Å²) in [5.74, 6) is 1.14. The van der Waals surface area contributed by atoms with Crippen molar-refractivity contribution in [3.63, 3.8) is 0 Å². The lowest BCUT2D eigenvalue weighted by atomic mass is 10.2. The molecular formula is C14H22N2O2. The van der Waals surface area contributed by atoms with Crippen molar-refractivity contribution in [1.82, 2.24) is 5.32 Å². The van der Waals surface area contributed by atoms with E-state index in [0.717, 1.165) is 5.56 Å². The molecule has 0 atom stereocenters. The average molecular weight is 250 g/mol. The van der Waals surface area contributed by atoms with Gasteiger partial charge >= 0.3 is 6.03 Å². The first-order valence-electron chi connectivity index (χ1n) is 6.31.